The van der Waals surface area contributed by atoms with Crippen LogP contribution in [0.15, 0.2) is 12.1 Å². The van der Waals surface area contributed by atoms with Gasteiger partial charge in [0, 0.05) is 0 Å². The fourth-order valence-corrected chi connectivity index (χ4v) is 2.67. The molecule has 0 spiro atoms. The Morgan fingerprint density at radius 3 is 2.43 bits per heavy atom. The summed E-state index contributed by atoms with van der Waals surface area (Å²) in [5.41, 5.74) is 0. The zero-order valence-corrected chi connectivity index (χ0v) is 7.73. The average Bonchev–Trinajstić information content (AvgIpc) is 1.87. The molecule has 0 aromatic carbocycles. The Balaban J connectivity index is 3.04. The van der Waals surface area contributed by atoms with Crippen LogP contribution in [0.25, 0.3) is 0 Å². The van der Waals surface area contributed by atoms with Crippen molar-refractivity contribution in [3.8, 4) is 0 Å². The van der Waals surface area contributed by atoms with Crippen LogP contribution in [-0.2, 0) is 0 Å². The third kappa shape index (κ3) is 1.46. The van der Waals surface area contributed by atoms with Crippen molar-refractivity contribution < 1.29 is 0 Å². The van der Waals surface area contributed by atoms with Crippen LogP contribution < -0.4 is 2.89 Å². The van der Waals surface area contributed by atoms with Gasteiger partial charge in [-0.2, -0.15) is 0 Å². The fourth-order valence-electron chi connectivity index (χ4n) is 0.435. The van der Waals surface area contributed by atoms with Crippen LogP contribution in [0.1, 0.15) is 4.88 Å². The van der Waals surface area contributed by atoms with Crippen LogP contribution in [0.4, 0.5) is 0 Å². The summed E-state index contributed by atoms with van der Waals surface area (Å²) in [6, 6.07) is 4.34. The van der Waals surface area contributed by atoms with Gasteiger partial charge in [0.25, 0.3) is 0 Å². The van der Waals surface area contributed by atoms with E-state index >= 15 is 0 Å². The number of rotatable bonds is 0. The summed E-state index contributed by atoms with van der Waals surface area (Å²) in [4.78, 5) is 1.42. The molecule has 0 unspecified atom stereocenters. The van der Waals surface area contributed by atoms with E-state index in [1.807, 2.05) is 11.3 Å². The second-order valence-corrected chi connectivity index (χ2v) is 5.27. The SMILES string of the molecule is Cc1cc[c]([Sn])s1. The van der Waals surface area contributed by atoms with Crippen molar-refractivity contribution in [3.63, 3.8) is 0 Å². The molecule has 7 heavy (non-hydrogen) atoms. The maximum atomic E-state index is 2.18. The molecule has 0 N–H and O–H groups in total. The van der Waals surface area contributed by atoms with Crippen molar-refractivity contribution >= 4 is 36.8 Å². The summed E-state index contributed by atoms with van der Waals surface area (Å²) >= 11 is 3.42. The second-order valence-electron chi connectivity index (χ2n) is 1.41. The predicted molar refractivity (Wildman–Crippen MR) is 34.4 cm³/mol. The summed E-state index contributed by atoms with van der Waals surface area (Å²) in [7, 11) is 0. The first-order valence-electron chi connectivity index (χ1n) is 2.07. The van der Waals surface area contributed by atoms with E-state index in [1.165, 1.54) is 30.3 Å². The molecule has 1 heterocycles. The van der Waals surface area contributed by atoms with Gasteiger partial charge in [0.05, 0.1) is 0 Å². The Bertz CT molecular complexity index is 140. The van der Waals surface area contributed by atoms with E-state index in [4.69, 9.17) is 0 Å². The molecule has 0 nitrogen and oxygen atoms in total. The predicted octanol–water partition coefficient (Wildman–Crippen LogP) is 0.850. The van der Waals surface area contributed by atoms with E-state index in [9.17, 15) is 0 Å². The van der Waals surface area contributed by atoms with E-state index in [1.54, 1.807) is 0 Å². The van der Waals surface area contributed by atoms with Gasteiger partial charge >= 0.3 is 60.7 Å². The number of thiophene rings is 1. The van der Waals surface area contributed by atoms with Gasteiger partial charge in [0.1, 0.15) is 0 Å². The van der Waals surface area contributed by atoms with Gasteiger partial charge in [0.15, 0.2) is 0 Å². The summed E-state index contributed by atoms with van der Waals surface area (Å²) in [6.45, 7) is 2.14. The van der Waals surface area contributed by atoms with Crippen molar-refractivity contribution in [2.45, 2.75) is 6.92 Å². The van der Waals surface area contributed by atoms with Gasteiger partial charge in [-0.05, 0) is 0 Å². The molecule has 0 amide bonds. The molecule has 3 radical (unpaired) electrons. The Morgan fingerprint density at radius 2 is 2.29 bits per heavy atom. The monoisotopic (exact) mass is 217 g/mol. The van der Waals surface area contributed by atoms with Crippen molar-refractivity contribution in [2.24, 2.45) is 0 Å². The molecule has 2 heteroatoms. The van der Waals surface area contributed by atoms with E-state index in [0.717, 1.165) is 0 Å². The first-order valence-corrected chi connectivity index (χ1v) is 4.31. The molecule has 1 aromatic rings. The molecule has 1 rings (SSSR count). The Kier molecular flexibility index (Phi) is 1.75. The average molecular weight is 216 g/mol. The number of aryl methyl sites for hydroxylation is 1. The van der Waals surface area contributed by atoms with Crippen LogP contribution >= 0.6 is 11.3 Å². The van der Waals surface area contributed by atoms with Gasteiger partial charge in [-0.15, -0.1) is 0 Å². The van der Waals surface area contributed by atoms with Crippen LogP contribution in [0.2, 0.25) is 0 Å². The van der Waals surface area contributed by atoms with E-state index < -0.39 is 0 Å². The molecule has 0 saturated carbocycles. The third-order valence-electron chi connectivity index (χ3n) is 0.740. The van der Waals surface area contributed by atoms with Gasteiger partial charge in [-0.1, -0.05) is 0 Å². The fraction of sp³-hybridized carbons (Fsp3) is 0.200. The first-order chi connectivity index (χ1) is 3.29. The molecule has 0 aliphatic carbocycles. The molecule has 0 saturated heterocycles. The second kappa shape index (κ2) is 2.18. The summed E-state index contributed by atoms with van der Waals surface area (Å²) in [6.07, 6.45) is 0. The van der Waals surface area contributed by atoms with Crippen molar-refractivity contribution in [1.82, 2.24) is 0 Å². The van der Waals surface area contributed by atoms with Crippen molar-refractivity contribution in [1.29, 1.82) is 0 Å². The number of hydrogen-bond donors (Lipinski definition) is 0. The van der Waals surface area contributed by atoms with Gasteiger partial charge in [-0.25, -0.2) is 0 Å². The van der Waals surface area contributed by atoms with Gasteiger partial charge in [-0.3, -0.25) is 0 Å². The minimum absolute atomic E-state index is 1.42. The standard InChI is InChI=1S/C5H5S.Sn/c1-5-3-2-4-6-5;/h2-3H,1H3;. The van der Waals surface area contributed by atoms with Crippen molar-refractivity contribution in [2.75, 3.05) is 0 Å². The Morgan fingerprint density at radius 1 is 1.57 bits per heavy atom. The normalized spacial score (nSPS) is 9.43. The molecule has 0 aliphatic rings. The molecular weight excluding hydrogens is 211 g/mol. The number of hydrogen-bond acceptors (Lipinski definition) is 1. The van der Waals surface area contributed by atoms with Crippen LogP contribution in [-0.4, -0.2) is 22.5 Å². The molecule has 0 fully saturated rings. The zero-order valence-electron chi connectivity index (χ0n) is 4.06. The van der Waals surface area contributed by atoms with E-state index in [0.29, 0.717) is 0 Å². The molecule has 0 aliphatic heterocycles. The minimum atomic E-state index is 1.42. The molecular formula is C5H5SSn. The van der Waals surface area contributed by atoms with E-state index in [-0.39, 0.29) is 0 Å². The molecule has 1 aromatic heterocycles. The third-order valence-corrected chi connectivity index (χ3v) is 2.90. The zero-order chi connectivity index (χ0) is 5.28. The molecule has 0 atom stereocenters. The molecule has 35 valence electrons. The molecule has 0 bridgehead atoms. The van der Waals surface area contributed by atoms with Crippen LogP contribution in [0.5, 0.6) is 0 Å². The quantitative estimate of drug-likeness (QED) is 0.564. The van der Waals surface area contributed by atoms with Gasteiger partial charge < -0.3 is 0 Å². The summed E-state index contributed by atoms with van der Waals surface area (Å²) in [5.74, 6) is 0. The van der Waals surface area contributed by atoms with Crippen LogP contribution in [0.3, 0.4) is 0 Å². The van der Waals surface area contributed by atoms with E-state index in [2.05, 4.69) is 19.1 Å². The first kappa shape index (κ1) is 5.63. The Hall–Kier alpha value is 0.499. The van der Waals surface area contributed by atoms with Crippen LogP contribution in [0, 0.1) is 6.92 Å². The Labute approximate surface area is 60.6 Å². The topological polar surface area (TPSA) is 0 Å². The van der Waals surface area contributed by atoms with Gasteiger partial charge in [0.2, 0.25) is 0 Å². The maximum absolute atomic E-state index is 2.18. The van der Waals surface area contributed by atoms with Crippen molar-refractivity contribution in [3.05, 3.63) is 17.0 Å². The summed E-state index contributed by atoms with van der Waals surface area (Å²) in [5, 5.41) is 0. The summed E-state index contributed by atoms with van der Waals surface area (Å²) < 4.78 is 1.49.